The molecule has 0 radical (unpaired) electrons. The van der Waals surface area contributed by atoms with Gasteiger partial charge >= 0.3 is 6.09 Å². The third-order valence-corrected chi connectivity index (χ3v) is 8.01. The van der Waals surface area contributed by atoms with Crippen LogP contribution in [0, 0.1) is 0 Å². The topological polar surface area (TPSA) is 135 Å². The van der Waals surface area contributed by atoms with Crippen LogP contribution in [0.15, 0.2) is 47.5 Å². The van der Waals surface area contributed by atoms with Crippen molar-refractivity contribution in [3.05, 3.63) is 53.1 Å². The average Bonchev–Trinajstić information content (AvgIpc) is 3.24. The van der Waals surface area contributed by atoms with Crippen LogP contribution in [-0.2, 0) is 28.5 Å². The molecule has 50 heavy (non-hydrogen) atoms. The molecule has 4 rings (SSSR count). The van der Waals surface area contributed by atoms with Gasteiger partial charge in [0.05, 0.1) is 64.2 Å². The molecule has 2 aromatic rings. The summed E-state index contributed by atoms with van der Waals surface area (Å²) in [6.07, 6.45) is 0.752. The molecule has 2 aliphatic heterocycles. The molecule has 2 aromatic carbocycles. The predicted molar refractivity (Wildman–Crippen MR) is 195 cm³/mol. The summed E-state index contributed by atoms with van der Waals surface area (Å²) in [5.74, 6) is 0.955. The lowest BCUT2D eigenvalue weighted by atomic mass is 10.1. The van der Waals surface area contributed by atoms with Crippen LogP contribution in [0.1, 0.15) is 39.2 Å². The van der Waals surface area contributed by atoms with E-state index in [1.807, 2.05) is 51.1 Å². The molecule has 2 amide bonds. The fourth-order valence-corrected chi connectivity index (χ4v) is 5.49. The number of nitrogens with zero attached hydrogens (tertiary/aromatic N) is 3. The van der Waals surface area contributed by atoms with Crippen LogP contribution in [0.4, 0.5) is 21.9 Å². The molecule has 0 aliphatic carbocycles. The molecule has 276 valence electrons. The smallest absolute Gasteiger partial charge is 0.407 e. The van der Waals surface area contributed by atoms with Gasteiger partial charge in [-0.2, -0.15) is 0 Å². The Morgan fingerprint density at radius 3 is 2.18 bits per heavy atom. The van der Waals surface area contributed by atoms with Gasteiger partial charge in [0, 0.05) is 62.0 Å². The quantitative estimate of drug-likeness (QED) is 0.177. The molecule has 0 bridgehead atoms. The Balaban J connectivity index is 0.960. The van der Waals surface area contributed by atoms with Crippen molar-refractivity contribution >= 4 is 46.5 Å². The Kier molecular flexibility index (Phi) is 16.5. The second kappa shape index (κ2) is 21.0. The van der Waals surface area contributed by atoms with E-state index in [4.69, 9.17) is 40.3 Å². The fraction of sp³-hybridized carbons (Fsp3) is 0.583. The summed E-state index contributed by atoms with van der Waals surface area (Å²) in [5, 5.41) is 9.81. The van der Waals surface area contributed by atoms with Crippen molar-refractivity contribution in [1.29, 1.82) is 0 Å². The number of carbonyl (C=O) groups excluding carboxylic acids is 2. The summed E-state index contributed by atoms with van der Waals surface area (Å²) in [5.41, 5.74) is 3.38. The van der Waals surface area contributed by atoms with E-state index in [0.717, 1.165) is 67.6 Å². The minimum Gasteiger partial charge on any atom is -0.444 e. The number of para-hydroxylation sites is 1. The maximum atomic E-state index is 12.2. The van der Waals surface area contributed by atoms with Crippen molar-refractivity contribution in [3.8, 4) is 0 Å². The van der Waals surface area contributed by atoms with Crippen LogP contribution in [-0.4, -0.2) is 132 Å². The van der Waals surface area contributed by atoms with Crippen LogP contribution >= 0.6 is 11.6 Å². The number of hydrogen-bond acceptors (Lipinski definition) is 11. The lowest BCUT2D eigenvalue weighted by Gasteiger charge is -2.36. The van der Waals surface area contributed by atoms with E-state index in [0.29, 0.717) is 77.4 Å². The molecule has 0 unspecified atom stereocenters. The Labute approximate surface area is 300 Å². The molecule has 0 aromatic heterocycles. The third-order valence-electron chi connectivity index (χ3n) is 7.77. The minimum absolute atomic E-state index is 0.00832. The second-order valence-corrected chi connectivity index (χ2v) is 13.4. The zero-order chi connectivity index (χ0) is 35.6. The number of aliphatic imine (C=N–C) groups is 1. The van der Waals surface area contributed by atoms with Crippen LogP contribution in [0.2, 0.25) is 5.02 Å². The van der Waals surface area contributed by atoms with Crippen LogP contribution < -0.4 is 16.0 Å². The van der Waals surface area contributed by atoms with Crippen molar-refractivity contribution in [3.63, 3.8) is 0 Å². The van der Waals surface area contributed by atoms with Gasteiger partial charge in [0.1, 0.15) is 11.4 Å². The van der Waals surface area contributed by atoms with Crippen molar-refractivity contribution in [1.82, 2.24) is 20.4 Å². The first-order valence-electron chi connectivity index (χ1n) is 17.4. The van der Waals surface area contributed by atoms with Gasteiger partial charge in [0.2, 0.25) is 5.91 Å². The monoisotopic (exact) mass is 716 g/mol. The second-order valence-electron chi connectivity index (χ2n) is 12.9. The van der Waals surface area contributed by atoms with Gasteiger partial charge in [0.15, 0.2) is 0 Å². The van der Waals surface area contributed by atoms with Gasteiger partial charge in [-0.3, -0.25) is 9.69 Å². The lowest BCUT2D eigenvalue weighted by Crippen LogP contribution is -2.49. The lowest BCUT2D eigenvalue weighted by molar-refractivity contribution is -0.122. The zero-order valence-electron chi connectivity index (χ0n) is 29.6. The van der Waals surface area contributed by atoms with Crippen molar-refractivity contribution in [2.24, 2.45) is 4.99 Å². The van der Waals surface area contributed by atoms with E-state index < -0.39 is 11.7 Å². The van der Waals surface area contributed by atoms with E-state index >= 15 is 0 Å². The predicted octanol–water partition coefficient (Wildman–Crippen LogP) is 4.58. The number of fused-ring (bicyclic) bond motifs is 2. The number of benzene rings is 2. The Bertz CT molecular complexity index is 1380. The number of alkyl carbamates (subject to hydrolysis) is 1. The van der Waals surface area contributed by atoms with Crippen LogP contribution in [0.5, 0.6) is 0 Å². The van der Waals surface area contributed by atoms with Gasteiger partial charge in [-0.25, -0.2) is 9.79 Å². The Morgan fingerprint density at radius 1 is 0.820 bits per heavy atom. The highest BCUT2D eigenvalue weighted by Gasteiger charge is 2.25. The number of anilines is 2. The summed E-state index contributed by atoms with van der Waals surface area (Å²) in [6.45, 7) is 14.3. The summed E-state index contributed by atoms with van der Waals surface area (Å²) in [4.78, 5) is 33.6. The molecule has 2 heterocycles. The standard InChI is InChI=1S/C36H53ClN6O7/c1-36(2,3)50-35(45)39-13-20-47-22-24-49-26-25-48-23-21-46-19-11-33(44)38-12-6-14-42-15-17-43(18-16-42)34-29-7-4-5-8-30(29)40-31-10-9-28(37)27-32(31)41-34/h4-5,7-10,27,40H,6,11-26H2,1-3H3,(H,38,44)(H,39,45). The van der Waals surface area contributed by atoms with E-state index in [-0.39, 0.29) is 5.91 Å². The molecular formula is C36H53ClN6O7. The van der Waals surface area contributed by atoms with Gasteiger partial charge < -0.3 is 44.5 Å². The van der Waals surface area contributed by atoms with E-state index in [1.54, 1.807) is 0 Å². The molecular weight excluding hydrogens is 664 g/mol. The van der Waals surface area contributed by atoms with Crippen molar-refractivity contribution in [2.75, 3.05) is 104 Å². The first-order valence-corrected chi connectivity index (χ1v) is 17.8. The zero-order valence-corrected chi connectivity index (χ0v) is 30.4. The van der Waals surface area contributed by atoms with Gasteiger partial charge in [-0.1, -0.05) is 23.7 Å². The highest BCUT2D eigenvalue weighted by molar-refractivity contribution is 6.31. The first-order chi connectivity index (χ1) is 24.2. The number of ether oxygens (including phenoxy) is 5. The maximum Gasteiger partial charge on any atom is 0.407 e. The number of rotatable bonds is 19. The fourth-order valence-electron chi connectivity index (χ4n) is 5.32. The Morgan fingerprint density at radius 2 is 1.48 bits per heavy atom. The summed E-state index contributed by atoms with van der Waals surface area (Å²) >= 11 is 6.30. The molecule has 0 atom stereocenters. The molecule has 1 fully saturated rings. The maximum absolute atomic E-state index is 12.2. The summed E-state index contributed by atoms with van der Waals surface area (Å²) < 4.78 is 27.0. The van der Waals surface area contributed by atoms with Gasteiger partial charge in [-0.15, -0.1) is 0 Å². The number of carbonyl (C=O) groups is 2. The van der Waals surface area contributed by atoms with E-state index in [1.165, 1.54) is 0 Å². The number of amidine groups is 1. The summed E-state index contributed by atoms with van der Waals surface area (Å²) in [6, 6.07) is 14.0. The number of halogens is 1. The first kappa shape index (κ1) is 39.3. The molecule has 0 saturated carbocycles. The number of piperazine rings is 1. The van der Waals surface area contributed by atoms with Crippen LogP contribution in [0.3, 0.4) is 0 Å². The van der Waals surface area contributed by atoms with Crippen molar-refractivity contribution in [2.45, 2.75) is 39.2 Å². The highest BCUT2D eigenvalue weighted by Crippen LogP contribution is 2.36. The number of hydrogen-bond donors (Lipinski definition) is 3. The minimum atomic E-state index is -0.519. The van der Waals surface area contributed by atoms with Crippen LogP contribution in [0.25, 0.3) is 0 Å². The van der Waals surface area contributed by atoms with Crippen molar-refractivity contribution < 1.29 is 33.3 Å². The van der Waals surface area contributed by atoms with Gasteiger partial charge in [-0.05, 0) is 64.1 Å². The molecule has 1 saturated heterocycles. The SMILES string of the molecule is CC(C)(C)OC(=O)NCCOCCOCCOCCOCCC(=O)NCCCN1CCN(C2=Nc3cc(Cl)ccc3Nc3ccccc32)CC1. The largest absolute Gasteiger partial charge is 0.444 e. The highest BCUT2D eigenvalue weighted by atomic mass is 35.5. The Hall–Kier alpha value is -3.46. The molecule has 3 N–H and O–H groups in total. The number of nitrogens with one attached hydrogen (secondary N) is 3. The third kappa shape index (κ3) is 14.4. The molecule has 2 aliphatic rings. The van der Waals surface area contributed by atoms with E-state index in [2.05, 4.69) is 37.9 Å². The molecule has 0 spiro atoms. The van der Waals surface area contributed by atoms with Gasteiger partial charge in [0.25, 0.3) is 0 Å². The normalized spacial score (nSPS) is 14.6. The number of amides is 2. The van der Waals surface area contributed by atoms with E-state index in [9.17, 15) is 9.59 Å². The summed E-state index contributed by atoms with van der Waals surface area (Å²) in [7, 11) is 0. The molecule has 14 heteroatoms. The average molecular weight is 717 g/mol. The molecule has 13 nitrogen and oxygen atoms in total.